The minimum absolute atomic E-state index is 0. The maximum Gasteiger partial charge on any atom is 0.227 e. The monoisotopic (exact) mass is 433 g/mol. The first-order valence-electron chi connectivity index (χ1n) is 9.23. The Bertz CT molecular complexity index is 678. The van der Waals surface area contributed by atoms with Gasteiger partial charge >= 0.3 is 0 Å². The Morgan fingerprint density at radius 3 is 2.41 bits per heavy atom. The molecule has 2 atom stereocenters. The molecule has 150 valence electrons. The number of carbonyl (C=O) groups is 2. The lowest BCUT2D eigenvalue weighted by Gasteiger charge is -2.32. The lowest BCUT2D eigenvalue weighted by molar-refractivity contribution is -0.135. The molecule has 1 saturated heterocycles. The molecule has 1 aromatic rings. The van der Waals surface area contributed by atoms with E-state index in [0.29, 0.717) is 54.0 Å². The van der Waals surface area contributed by atoms with Crippen molar-refractivity contribution < 1.29 is 9.59 Å². The number of benzene rings is 1. The lowest BCUT2D eigenvalue weighted by Crippen LogP contribution is -2.42. The maximum absolute atomic E-state index is 12.5. The van der Waals surface area contributed by atoms with Crippen LogP contribution in [-0.4, -0.2) is 35.8 Å². The molecule has 1 heterocycles. The summed E-state index contributed by atoms with van der Waals surface area (Å²) in [6.07, 6.45) is 5.09. The molecule has 27 heavy (non-hydrogen) atoms. The summed E-state index contributed by atoms with van der Waals surface area (Å²) in [4.78, 5) is 26.8. The van der Waals surface area contributed by atoms with Crippen molar-refractivity contribution >= 4 is 53.1 Å². The van der Waals surface area contributed by atoms with E-state index in [-0.39, 0.29) is 36.2 Å². The number of piperidine rings is 1. The number of carbonyl (C=O) groups excluding carboxylic acids is 2. The molecule has 2 amide bonds. The Labute approximate surface area is 176 Å². The van der Waals surface area contributed by atoms with Gasteiger partial charge in [0.05, 0.1) is 10.0 Å². The molecule has 8 heteroatoms. The summed E-state index contributed by atoms with van der Waals surface area (Å²) < 4.78 is 0. The normalized spacial score (nSPS) is 23.0. The third-order valence-corrected chi connectivity index (χ3v) is 6.30. The summed E-state index contributed by atoms with van der Waals surface area (Å²) in [6, 6.07) is 5.20. The largest absolute Gasteiger partial charge is 0.343 e. The van der Waals surface area contributed by atoms with E-state index in [9.17, 15) is 9.59 Å². The fraction of sp³-hybridized carbons (Fsp3) is 0.579. The molecule has 5 nitrogen and oxygen atoms in total. The molecular formula is C19H26Cl3N3O2. The molecule has 0 unspecified atom stereocenters. The highest BCUT2D eigenvalue weighted by Gasteiger charge is 2.31. The first-order valence-corrected chi connectivity index (χ1v) is 9.99. The molecule has 1 aromatic carbocycles. The summed E-state index contributed by atoms with van der Waals surface area (Å²) in [7, 11) is 0. The van der Waals surface area contributed by atoms with Crippen LogP contribution in [-0.2, 0) is 9.59 Å². The van der Waals surface area contributed by atoms with Crippen molar-refractivity contribution in [3.05, 3.63) is 28.2 Å². The van der Waals surface area contributed by atoms with Crippen LogP contribution in [0.4, 0.5) is 5.69 Å². The molecule has 3 N–H and O–H groups in total. The fourth-order valence-corrected chi connectivity index (χ4v) is 4.18. The summed E-state index contributed by atoms with van der Waals surface area (Å²) >= 11 is 11.9. The lowest BCUT2D eigenvalue weighted by atomic mass is 9.94. The van der Waals surface area contributed by atoms with Crippen molar-refractivity contribution in [3.63, 3.8) is 0 Å². The second-order valence-corrected chi connectivity index (χ2v) is 8.15. The van der Waals surface area contributed by atoms with E-state index >= 15 is 0 Å². The third kappa shape index (κ3) is 5.74. The first kappa shape index (κ1) is 22.3. The minimum atomic E-state index is -0.0951. The molecule has 2 fully saturated rings. The van der Waals surface area contributed by atoms with Crippen LogP contribution in [0.5, 0.6) is 0 Å². The summed E-state index contributed by atoms with van der Waals surface area (Å²) in [5.41, 5.74) is 6.71. The molecule has 3 rings (SSSR count). The van der Waals surface area contributed by atoms with E-state index in [2.05, 4.69) is 5.32 Å². The molecule has 2 aliphatic rings. The smallest absolute Gasteiger partial charge is 0.227 e. The van der Waals surface area contributed by atoms with E-state index in [1.165, 1.54) is 0 Å². The zero-order chi connectivity index (χ0) is 18.7. The highest BCUT2D eigenvalue weighted by atomic mass is 35.5. The van der Waals surface area contributed by atoms with E-state index in [1.807, 2.05) is 4.90 Å². The van der Waals surface area contributed by atoms with Crippen molar-refractivity contribution in [1.29, 1.82) is 0 Å². The van der Waals surface area contributed by atoms with Gasteiger partial charge in [-0.05, 0) is 49.8 Å². The zero-order valence-electron chi connectivity index (χ0n) is 15.1. The number of nitrogens with zero attached hydrogens (tertiary/aromatic N) is 1. The van der Waals surface area contributed by atoms with Crippen LogP contribution in [0.3, 0.4) is 0 Å². The van der Waals surface area contributed by atoms with Gasteiger partial charge in [0.1, 0.15) is 0 Å². The number of nitrogens with two attached hydrogens (primary N) is 1. The predicted molar refractivity (Wildman–Crippen MR) is 112 cm³/mol. The molecule has 1 aliphatic heterocycles. The third-order valence-electron chi connectivity index (χ3n) is 5.56. The Morgan fingerprint density at radius 1 is 1.11 bits per heavy atom. The standard InChI is InChI=1S/C19H25Cl2N3O2.ClH/c20-15-5-4-14(11-16(15)21)23-19(26)12-6-8-24(9-7-12)18(25)10-13-2-1-3-17(13)22;/h4-5,11-13,17H,1-3,6-10,22H2,(H,23,26);1H/t13-,17+;/m0./s1. The second-order valence-electron chi connectivity index (χ2n) is 7.33. The summed E-state index contributed by atoms with van der Waals surface area (Å²) in [5, 5.41) is 3.76. The van der Waals surface area contributed by atoms with Gasteiger partial charge in [-0.15, -0.1) is 12.4 Å². The average Bonchev–Trinajstić information content (AvgIpc) is 3.03. The van der Waals surface area contributed by atoms with Crippen molar-refractivity contribution in [2.75, 3.05) is 18.4 Å². The van der Waals surface area contributed by atoms with Crippen LogP contribution in [0.1, 0.15) is 38.5 Å². The molecule has 0 radical (unpaired) electrons. The molecule has 0 spiro atoms. The first-order chi connectivity index (χ1) is 12.4. The number of anilines is 1. The summed E-state index contributed by atoms with van der Waals surface area (Å²) in [5.74, 6) is 0.365. The summed E-state index contributed by atoms with van der Waals surface area (Å²) in [6.45, 7) is 1.25. The Kier molecular flexibility index (Phi) is 8.22. The number of rotatable bonds is 4. The van der Waals surface area contributed by atoms with Gasteiger partial charge < -0.3 is 16.0 Å². The Morgan fingerprint density at radius 2 is 1.81 bits per heavy atom. The van der Waals surface area contributed by atoms with Crippen LogP contribution in [0.15, 0.2) is 18.2 Å². The SMILES string of the molecule is Cl.N[C@@H]1CCC[C@H]1CC(=O)N1CCC(C(=O)Nc2ccc(Cl)c(Cl)c2)CC1. The zero-order valence-corrected chi connectivity index (χ0v) is 17.5. The van der Waals surface area contributed by atoms with Crippen LogP contribution < -0.4 is 11.1 Å². The van der Waals surface area contributed by atoms with Crippen LogP contribution in [0.25, 0.3) is 0 Å². The fourth-order valence-electron chi connectivity index (χ4n) is 3.88. The predicted octanol–water partition coefficient (Wildman–Crippen LogP) is 4.11. The van der Waals surface area contributed by atoms with Gasteiger partial charge in [0.25, 0.3) is 0 Å². The van der Waals surface area contributed by atoms with Crippen LogP contribution in [0.2, 0.25) is 10.0 Å². The van der Waals surface area contributed by atoms with Gasteiger partial charge in [-0.3, -0.25) is 9.59 Å². The van der Waals surface area contributed by atoms with E-state index < -0.39 is 0 Å². The van der Waals surface area contributed by atoms with Gasteiger partial charge in [0, 0.05) is 37.2 Å². The molecule has 0 aromatic heterocycles. The molecule has 0 bridgehead atoms. The van der Waals surface area contributed by atoms with Crippen molar-refractivity contribution in [1.82, 2.24) is 4.90 Å². The van der Waals surface area contributed by atoms with Gasteiger partial charge in [-0.25, -0.2) is 0 Å². The number of likely N-dealkylation sites (tertiary alicyclic amines) is 1. The van der Waals surface area contributed by atoms with E-state index in [1.54, 1.807) is 18.2 Å². The van der Waals surface area contributed by atoms with Crippen molar-refractivity contribution in [3.8, 4) is 0 Å². The minimum Gasteiger partial charge on any atom is -0.343 e. The van der Waals surface area contributed by atoms with E-state index in [0.717, 1.165) is 19.3 Å². The Balaban J connectivity index is 0.00000261. The second kappa shape index (κ2) is 9.97. The highest BCUT2D eigenvalue weighted by Crippen LogP contribution is 2.29. The van der Waals surface area contributed by atoms with Crippen molar-refractivity contribution in [2.24, 2.45) is 17.6 Å². The molecule has 1 aliphatic carbocycles. The van der Waals surface area contributed by atoms with E-state index in [4.69, 9.17) is 28.9 Å². The number of halogens is 3. The van der Waals surface area contributed by atoms with Crippen LogP contribution >= 0.6 is 35.6 Å². The van der Waals surface area contributed by atoms with Gasteiger partial charge in [0.15, 0.2) is 0 Å². The van der Waals surface area contributed by atoms with Crippen molar-refractivity contribution in [2.45, 2.75) is 44.6 Å². The number of hydrogen-bond donors (Lipinski definition) is 2. The van der Waals surface area contributed by atoms with Gasteiger partial charge in [0.2, 0.25) is 11.8 Å². The number of nitrogens with one attached hydrogen (secondary N) is 1. The van der Waals surface area contributed by atoms with Gasteiger partial charge in [-0.1, -0.05) is 29.6 Å². The number of amides is 2. The Hall–Kier alpha value is -1.01. The van der Waals surface area contributed by atoms with Crippen LogP contribution in [0, 0.1) is 11.8 Å². The number of hydrogen-bond acceptors (Lipinski definition) is 3. The maximum atomic E-state index is 12.5. The topological polar surface area (TPSA) is 75.4 Å². The quantitative estimate of drug-likeness (QED) is 0.749. The molecular weight excluding hydrogens is 409 g/mol. The highest BCUT2D eigenvalue weighted by molar-refractivity contribution is 6.42. The van der Waals surface area contributed by atoms with Gasteiger partial charge in [-0.2, -0.15) is 0 Å². The average molecular weight is 435 g/mol. The molecule has 1 saturated carbocycles.